The highest BCUT2D eigenvalue weighted by Gasteiger charge is 2.19. The number of anilines is 1. The van der Waals surface area contributed by atoms with Gasteiger partial charge in [-0.05, 0) is 49.5 Å². The maximum absolute atomic E-state index is 12.5. The summed E-state index contributed by atoms with van der Waals surface area (Å²) in [5.41, 5.74) is 1.24. The molecule has 1 aliphatic heterocycles. The number of amides is 1. The number of H-pyrrole nitrogens is 1. The molecule has 6 nitrogen and oxygen atoms in total. The zero-order chi connectivity index (χ0) is 18.6. The molecule has 1 saturated heterocycles. The van der Waals surface area contributed by atoms with Crippen LogP contribution in [-0.4, -0.2) is 29.0 Å². The van der Waals surface area contributed by atoms with Gasteiger partial charge >= 0.3 is 0 Å². The first-order valence-electron chi connectivity index (χ1n) is 8.97. The second-order valence-electron chi connectivity index (χ2n) is 6.53. The van der Waals surface area contributed by atoms with E-state index in [0.29, 0.717) is 16.7 Å². The molecule has 4 rings (SSSR count). The Morgan fingerprint density at radius 1 is 1.11 bits per heavy atom. The summed E-state index contributed by atoms with van der Waals surface area (Å²) in [4.78, 5) is 33.1. The second-order valence-corrected chi connectivity index (χ2v) is 7.59. The molecule has 1 fully saturated rings. The molecule has 1 aromatic carbocycles. The number of thiazole rings is 1. The smallest absolute Gasteiger partial charge is 0.263 e. The van der Waals surface area contributed by atoms with Crippen LogP contribution in [0.4, 0.5) is 5.13 Å². The molecule has 7 heteroatoms. The number of hydrogen-bond acceptors (Lipinski definition) is 5. The van der Waals surface area contributed by atoms with Crippen molar-refractivity contribution in [3.63, 3.8) is 0 Å². The van der Waals surface area contributed by atoms with Crippen molar-refractivity contribution in [2.45, 2.75) is 18.8 Å². The highest BCUT2D eigenvalue weighted by molar-refractivity contribution is 7.15. The molecule has 3 heterocycles. The molecule has 0 bridgehead atoms. The van der Waals surface area contributed by atoms with Gasteiger partial charge in [-0.1, -0.05) is 30.3 Å². The molecule has 0 aliphatic carbocycles. The molecule has 0 atom stereocenters. The molecule has 1 amide bonds. The van der Waals surface area contributed by atoms with Crippen molar-refractivity contribution in [2.24, 2.45) is 0 Å². The second kappa shape index (κ2) is 7.85. The number of aromatic amines is 1. The first-order valence-corrected chi connectivity index (χ1v) is 9.79. The van der Waals surface area contributed by atoms with Gasteiger partial charge < -0.3 is 10.3 Å². The van der Waals surface area contributed by atoms with Crippen molar-refractivity contribution in [1.82, 2.24) is 15.3 Å². The first-order chi connectivity index (χ1) is 13.2. The third kappa shape index (κ3) is 3.99. The minimum Gasteiger partial charge on any atom is -0.321 e. The summed E-state index contributed by atoms with van der Waals surface area (Å²) >= 11 is 1.49. The van der Waals surface area contributed by atoms with E-state index in [1.165, 1.54) is 16.2 Å². The third-order valence-electron chi connectivity index (χ3n) is 4.72. The lowest BCUT2D eigenvalue weighted by Gasteiger charge is -2.20. The number of benzene rings is 1. The molecule has 1 aliphatic rings. The van der Waals surface area contributed by atoms with Crippen LogP contribution >= 0.6 is 11.3 Å². The van der Waals surface area contributed by atoms with Crippen molar-refractivity contribution in [1.29, 1.82) is 0 Å². The molecule has 138 valence electrons. The lowest BCUT2D eigenvalue weighted by atomic mass is 9.97. The highest BCUT2D eigenvalue weighted by atomic mass is 32.1. The summed E-state index contributed by atoms with van der Waals surface area (Å²) in [5.74, 6) is 0.0463. The van der Waals surface area contributed by atoms with E-state index in [1.807, 2.05) is 36.5 Å². The van der Waals surface area contributed by atoms with E-state index >= 15 is 0 Å². The molecular formula is C20H20N4O2S. The molecule has 3 aromatic rings. The topological polar surface area (TPSA) is 86.9 Å². The Labute approximate surface area is 160 Å². The Morgan fingerprint density at radius 3 is 2.63 bits per heavy atom. The van der Waals surface area contributed by atoms with Crippen molar-refractivity contribution in [2.75, 3.05) is 18.4 Å². The van der Waals surface area contributed by atoms with E-state index in [4.69, 9.17) is 0 Å². The van der Waals surface area contributed by atoms with Crippen LogP contribution in [0.25, 0.3) is 11.3 Å². The Kier molecular flexibility index (Phi) is 5.13. The van der Waals surface area contributed by atoms with Gasteiger partial charge in [0.25, 0.3) is 11.5 Å². The largest absolute Gasteiger partial charge is 0.321 e. The van der Waals surface area contributed by atoms with Crippen LogP contribution in [0.15, 0.2) is 53.5 Å². The molecule has 27 heavy (non-hydrogen) atoms. The standard InChI is InChI=1S/C20H20N4O2S/c25-18-15(6-7-16(23-18)13-4-2-1-3-5-13)19(26)24-20-22-12-17(27-20)14-8-10-21-11-9-14/h1-7,12,14,21H,8-11H2,(H,23,25)(H,22,24,26). The minimum atomic E-state index is -0.443. The van der Waals surface area contributed by atoms with Gasteiger partial charge in [0.2, 0.25) is 0 Å². The third-order valence-corrected chi connectivity index (χ3v) is 5.80. The maximum atomic E-state index is 12.5. The molecular weight excluding hydrogens is 360 g/mol. The number of aromatic nitrogens is 2. The zero-order valence-electron chi connectivity index (χ0n) is 14.7. The van der Waals surface area contributed by atoms with Crippen molar-refractivity contribution in [3.8, 4) is 11.3 Å². The van der Waals surface area contributed by atoms with E-state index in [9.17, 15) is 9.59 Å². The lowest BCUT2D eigenvalue weighted by Crippen LogP contribution is -2.26. The van der Waals surface area contributed by atoms with Crippen LogP contribution in [0.1, 0.15) is 34.0 Å². The Bertz CT molecular complexity index is 990. The van der Waals surface area contributed by atoms with E-state index in [0.717, 1.165) is 31.5 Å². The highest BCUT2D eigenvalue weighted by Crippen LogP contribution is 2.31. The fraction of sp³-hybridized carbons (Fsp3) is 0.250. The molecule has 2 aromatic heterocycles. The summed E-state index contributed by atoms with van der Waals surface area (Å²) in [6.07, 6.45) is 3.99. The van der Waals surface area contributed by atoms with Gasteiger partial charge in [-0.15, -0.1) is 11.3 Å². The monoisotopic (exact) mass is 380 g/mol. The average molecular weight is 380 g/mol. The fourth-order valence-electron chi connectivity index (χ4n) is 3.24. The summed E-state index contributed by atoms with van der Waals surface area (Å²) in [7, 11) is 0. The van der Waals surface area contributed by atoms with E-state index < -0.39 is 11.5 Å². The molecule has 0 saturated carbocycles. The summed E-state index contributed by atoms with van der Waals surface area (Å²) in [5, 5.41) is 6.62. The van der Waals surface area contributed by atoms with Crippen LogP contribution in [0.2, 0.25) is 0 Å². The predicted octanol–water partition coefficient (Wildman–Crippen LogP) is 3.22. The van der Waals surface area contributed by atoms with Gasteiger partial charge in [0.1, 0.15) is 5.56 Å². The van der Waals surface area contributed by atoms with E-state index in [2.05, 4.69) is 20.6 Å². The molecule has 0 radical (unpaired) electrons. The maximum Gasteiger partial charge on any atom is 0.263 e. The van der Waals surface area contributed by atoms with Crippen LogP contribution < -0.4 is 16.2 Å². The number of hydrogen-bond donors (Lipinski definition) is 3. The van der Waals surface area contributed by atoms with E-state index in [-0.39, 0.29) is 5.56 Å². The van der Waals surface area contributed by atoms with Crippen LogP contribution in [0, 0.1) is 0 Å². The number of nitrogens with one attached hydrogen (secondary N) is 3. The number of nitrogens with zero attached hydrogens (tertiary/aromatic N) is 1. The van der Waals surface area contributed by atoms with Gasteiger partial charge in [0.15, 0.2) is 5.13 Å². The van der Waals surface area contributed by atoms with Gasteiger partial charge in [0.05, 0.1) is 0 Å². The van der Waals surface area contributed by atoms with Gasteiger partial charge in [-0.3, -0.25) is 14.9 Å². The normalized spacial score (nSPS) is 14.8. The average Bonchev–Trinajstić information content (AvgIpc) is 3.17. The van der Waals surface area contributed by atoms with E-state index in [1.54, 1.807) is 12.1 Å². The quantitative estimate of drug-likeness (QED) is 0.649. The van der Waals surface area contributed by atoms with Crippen LogP contribution in [0.3, 0.4) is 0 Å². The minimum absolute atomic E-state index is 0.0771. The number of rotatable bonds is 4. The van der Waals surface area contributed by atoms with Gasteiger partial charge in [0, 0.05) is 16.8 Å². The Morgan fingerprint density at radius 2 is 1.89 bits per heavy atom. The van der Waals surface area contributed by atoms with Crippen molar-refractivity contribution >= 4 is 22.4 Å². The van der Waals surface area contributed by atoms with Crippen molar-refractivity contribution in [3.05, 3.63) is 69.5 Å². The number of pyridine rings is 1. The predicted molar refractivity (Wildman–Crippen MR) is 107 cm³/mol. The molecule has 0 spiro atoms. The van der Waals surface area contributed by atoms with Gasteiger partial charge in [-0.25, -0.2) is 4.98 Å². The summed E-state index contributed by atoms with van der Waals surface area (Å²) in [6, 6.07) is 12.8. The molecule has 0 unspecified atom stereocenters. The number of piperidine rings is 1. The Hall–Kier alpha value is -2.77. The first kappa shape index (κ1) is 17.6. The Balaban J connectivity index is 1.48. The lowest BCUT2D eigenvalue weighted by molar-refractivity contribution is 0.102. The fourth-order valence-corrected chi connectivity index (χ4v) is 4.22. The summed E-state index contributed by atoms with van der Waals surface area (Å²) in [6.45, 7) is 2.01. The number of carbonyl (C=O) groups is 1. The zero-order valence-corrected chi connectivity index (χ0v) is 15.5. The van der Waals surface area contributed by atoms with Crippen LogP contribution in [0.5, 0.6) is 0 Å². The summed E-state index contributed by atoms with van der Waals surface area (Å²) < 4.78 is 0. The number of carbonyl (C=O) groups excluding carboxylic acids is 1. The molecule has 3 N–H and O–H groups in total. The van der Waals surface area contributed by atoms with Crippen LogP contribution in [-0.2, 0) is 0 Å². The van der Waals surface area contributed by atoms with Gasteiger partial charge in [-0.2, -0.15) is 0 Å². The SMILES string of the molecule is O=C(Nc1ncc(C2CCNCC2)s1)c1ccc(-c2ccccc2)[nH]c1=O. The van der Waals surface area contributed by atoms with Crippen molar-refractivity contribution < 1.29 is 4.79 Å².